The highest BCUT2D eigenvalue weighted by Gasteiger charge is 2.51. The standard InChI is InChI=1S/C43H64O5Si2/c1-35(32-47-50(41(6,7)8,38-23-17-14-18-24-38)39-25-19-15-20-26-39)22-16-12-13-21-27-44-33-37-31-43(45-28-29-46-43)30-36(2)42(37,9)34-48-49(10,11)40(3,4)5/h14-15,17-20,22-26,31,36H,12,16,27-30,32-34H2,1-11H3/b35-22+/t36-,42+/m1/s1. The number of benzene rings is 2. The lowest BCUT2D eigenvalue weighted by molar-refractivity contribution is -0.147. The van der Waals surface area contributed by atoms with Gasteiger partial charge in [-0.25, -0.2) is 0 Å². The molecule has 50 heavy (non-hydrogen) atoms. The van der Waals surface area contributed by atoms with Gasteiger partial charge in [0.05, 0.1) is 26.4 Å². The van der Waals surface area contributed by atoms with E-state index in [1.807, 2.05) is 0 Å². The molecule has 1 heterocycles. The summed E-state index contributed by atoms with van der Waals surface area (Å²) in [5.74, 6) is 6.25. The Labute approximate surface area is 306 Å². The van der Waals surface area contributed by atoms with Crippen molar-refractivity contribution < 1.29 is 23.1 Å². The van der Waals surface area contributed by atoms with E-state index in [1.165, 1.54) is 21.5 Å². The first-order valence-electron chi connectivity index (χ1n) is 18.5. The molecule has 4 rings (SSSR count). The summed E-state index contributed by atoms with van der Waals surface area (Å²) in [4.78, 5) is 0. The number of unbranched alkanes of at least 4 members (excludes halogenated alkanes) is 1. The molecule has 0 saturated carbocycles. The zero-order valence-corrected chi connectivity index (χ0v) is 34.9. The van der Waals surface area contributed by atoms with Crippen LogP contribution in [0.25, 0.3) is 0 Å². The Morgan fingerprint density at radius 3 is 2.00 bits per heavy atom. The number of hydrogen-bond acceptors (Lipinski definition) is 5. The van der Waals surface area contributed by atoms with E-state index in [-0.39, 0.29) is 15.5 Å². The summed E-state index contributed by atoms with van der Waals surface area (Å²) in [6.07, 6.45) is 6.94. The van der Waals surface area contributed by atoms with Crippen molar-refractivity contribution in [3.63, 3.8) is 0 Å². The first-order chi connectivity index (χ1) is 23.5. The van der Waals surface area contributed by atoms with Gasteiger partial charge in [-0.3, -0.25) is 0 Å². The van der Waals surface area contributed by atoms with Gasteiger partial charge < -0.3 is 23.1 Å². The molecule has 0 amide bonds. The number of allylic oxidation sites excluding steroid dienone is 1. The molecule has 7 heteroatoms. The molecule has 2 atom stereocenters. The Morgan fingerprint density at radius 2 is 1.46 bits per heavy atom. The molecule has 0 N–H and O–H groups in total. The van der Waals surface area contributed by atoms with Crippen LogP contribution in [-0.4, -0.2) is 62.1 Å². The molecule has 2 aromatic carbocycles. The summed E-state index contributed by atoms with van der Waals surface area (Å²) in [5.41, 5.74) is 2.26. The van der Waals surface area contributed by atoms with Crippen molar-refractivity contribution in [2.24, 2.45) is 11.3 Å². The highest BCUT2D eigenvalue weighted by molar-refractivity contribution is 6.99. The lowest BCUT2D eigenvalue weighted by Crippen LogP contribution is -2.66. The molecular weight excluding hydrogens is 653 g/mol. The minimum absolute atomic E-state index is 0.0416. The fourth-order valence-electron chi connectivity index (χ4n) is 6.90. The van der Waals surface area contributed by atoms with Crippen LogP contribution >= 0.6 is 0 Å². The number of ether oxygens (including phenoxy) is 3. The van der Waals surface area contributed by atoms with E-state index in [9.17, 15) is 0 Å². The highest BCUT2D eigenvalue weighted by atomic mass is 28.4. The monoisotopic (exact) mass is 716 g/mol. The van der Waals surface area contributed by atoms with Crippen molar-refractivity contribution >= 4 is 27.0 Å². The Hall–Kier alpha value is -2.29. The SMILES string of the molecule is C/C(=C\CCC#CCOCC1=CC2(C[C@@H](C)[C@]1(C)CO[Si](C)(C)C(C)(C)C)OCCO2)CO[Si](c1ccccc1)(c1ccccc1)C(C)(C)C. The molecule has 2 aromatic rings. The van der Waals surface area contributed by atoms with Gasteiger partial charge in [-0.2, -0.15) is 0 Å². The van der Waals surface area contributed by atoms with Gasteiger partial charge in [0.25, 0.3) is 8.32 Å². The molecule has 0 unspecified atom stereocenters. The van der Waals surface area contributed by atoms with Crippen LogP contribution in [-0.2, 0) is 23.1 Å². The van der Waals surface area contributed by atoms with Crippen LogP contribution in [0, 0.1) is 23.2 Å². The molecule has 2 aliphatic rings. The summed E-state index contributed by atoms with van der Waals surface area (Å²) < 4.78 is 32.4. The van der Waals surface area contributed by atoms with Gasteiger partial charge in [0, 0.05) is 24.9 Å². The van der Waals surface area contributed by atoms with Crippen LogP contribution in [0.4, 0.5) is 0 Å². The van der Waals surface area contributed by atoms with Crippen LogP contribution in [0.2, 0.25) is 23.2 Å². The fourth-order valence-corrected chi connectivity index (χ4v) is 12.6. The summed E-state index contributed by atoms with van der Waals surface area (Å²) in [7, 11) is -4.47. The number of rotatable bonds is 13. The van der Waals surface area contributed by atoms with E-state index < -0.39 is 22.4 Å². The first kappa shape index (κ1) is 40.5. The number of hydrogen-bond donors (Lipinski definition) is 0. The average molecular weight is 717 g/mol. The van der Waals surface area contributed by atoms with Gasteiger partial charge in [0.1, 0.15) is 6.61 Å². The maximum atomic E-state index is 7.09. The average Bonchev–Trinajstić information content (AvgIpc) is 3.51. The maximum absolute atomic E-state index is 7.09. The van der Waals surface area contributed by atoms with Crippen LogP contribution in [0.3, 0.4) is 0 Å². The summed E-state index contributed by atoms with van der Waals surface area (Å²) >= 11 is 0. The largest absolute Gasteiger partial charge is 0.416 e. The third-order valence-electron chi connectivity index (χ3n) is 11.4. The maximum Gasteiger partial charge on any atom is 0.261 e. The minimum atomic E-state index is -2.56. The Kier molecular flexibility index (Phi) is 13.4. The quantitative estimate of drug-likeness (QED) is 0.0897. The van der Waals surface area contributed by atoms with Crippen molar-refractivity contribution in [2.75, 3.05) is 39.6 Å². The molecule has 0 bridgehead atoms. The van der Waals surface area contributed by atoms with Gasteiger partial charge in [-0.05, 0) is 64.5 Å². The molecule has 1 aliphatic heterocycles. The van der Waals surface area contributed by atoms with Gasteiger partial charge >= 0.3 is 0 Å². The zero-order valence-electron chi connectivity index (χ0n) is 32.9. The zero-order chi connectivity index (χ0) is 36.7. The van der Waals surface area contributed by atoms with E-state index in [0.29, 0.717) is 45.6 Å². The molecule has 1 saturated heterocycles. The van der Waals surface area contributed by atoms with Crippen LogP contribution in [0.5, 0.6) is 0 Å². The van der Waals surface area contributed by atoms with Crippen molar-refractivity contribution in [3.05, 3.63) is 84.0 Å². The molecule has 5 nitrogen and oxygen atoms in total. The van der Waals surface area contributed by atoms with Gasteiger partial charge in [0.2, 0.25) is 0 Å². The van der Waals surface area contributed by atoms with E-state index in [0.717, 1.165) is 19.3 Å². The van der Waals surface area contributed by atoms with Crippen LogP contribution in [0.15, 0.2) is 84.0 Å². The predicted octanol–water partition coefficient (Wildman–Crippen LogP) is 9.05. The lowest BCUT2D eigenvalue weighted by Gasteiger charge is -2.48. The molecule has 1 aliphatic carbocycles. The smallest absolute Gasteiger partial charge is 0.261 e. The van der Waals surface area contributed by atoms with E-state index in [2.05, 4.69) is 160 Å². The van der Waals surface area contributed by atoms with Crippen molar-refractivity contribution in [1.29, 1.82) is 0 Å². The normalized spacial score (nSPS) is 21.5. The third-order valence-corrected chi connectivity index (χ3v) is 20.8. The molecule has 1 spiro atoms. The Bertz CT molecular complexity index is 1460. The van der Waals surface area contributed by atoms with Gasteiger partial charge in [0.15, 0.2) is 14.1 Å². The Morgan fingerprint density at radius 1 is 0.880 bits per heavy atom. The third kappa shape index (κ3) is 9.38. The molecule has 1 fully saturated rings. The van der Waals surface area contributed by atoms with Crippen LogP contribution in [0.1, 0.15) is 81.6 Å². The second-order valence-electron chi connectivity index (χ2n) is 17.1. The predicted molar refractivity (Wildman–Crippen MR) is 213 cm³/mol. The topological polar surface area (TPSA) is 46.2 Å². The summed E-state index contributed by atoms with van der Waals surface area (Å²) in [6, 6.07) is 21.6. The molecule has 274 valence electrons. The molecule has 0 radical (unpaired) electrons. The fraction of sp³-hybridized carbons (Fsp3) is 0.581. The van der Waals surface area contributed by atoms with E-state index in [1.54, 1.807) is 0 Å². The summed E-state index contributed by atoms with van der Waals surface area (Å²) in [6.45, 7) is 28.7. The van der Waals surface area contributed by atoms with Crippen molar-refractivity contribution in [1.82, 2.24) is 0 Å². The van der Waals surface area contributed by atoms with Crippen LogP contribution < -0.4 is 10.4 Å². The van der Waals surface area contributed by atoms with E-state index in [4.69, 9.17) is 23.1 Å². The highest BCUT2D eigenvalue weighted by Crippen LogP contribution is 2.49. The van der Waals surface area contributed by atoms with Gasteiger partial charge in [-0.1, -0.05) is 134 Å². The first-order valence-corrected chi connectivity index (χ1v) is 23.4. The second-order valence-corrected chi connectivity index (χ2v) is 26.3. The Balaban J connectivity index is 1.35. The molecule has 0 aromatic heterocycles. The lowest BCUT2D eigenvalue weighted by atomic mass is 9.66. The molecular formula is C43H64O5Si2. The van der Waals surface area contributed by atoms with Crippen molar-refractivity contribution in [2.45, 2.75) is 111 Å². The van der Waals surface area contributed by atoms with Crippen molar-refractivity contribution in [3.8, 4) is 11.8 Å². The van der Waals surface area contributed by atoms with E-state index >= 15 is 0 Å². The van der Waals surface area contributed by atoms with Gasteiger partial charge in [-0.15, -0.1) is 5.92 Å². The summed E-state index contributed by atoms with van der Waals surface area (Å²) in [5, 5.41) is 2.72. The second kappa shape index (κ2) is 16.6. The minimum Gasteiger partial charge on any atom is -0.416 e.